The molecule has 10 aromatic rings. The lowest BCUT2D eigenvalue weighted by atomic mass is 9.42. The van der Waals surface area contributed by atoms with E-state index < -0.39 is 0 Å². The van der Waals surface area contributed by atoms with Crippen molar-refractivity contribution in [1.29, 1.82) is 0 Å². The van der Waals surface area contributed by atoms with E-state index in [1.807, 2.05) is 0 Å². The molecule has 0 spiro atoms. The molecule has 0 N–H and O–H groups in total. The maximum atomic E-state index is 7.29. The molecule has 0 fully saturated rings. The van der Waals surface area contributed by atoms with Crippen molar-refractivity contribution in [2.75, 3.05) is 9.71 Å². The van der Waals surface area contributed by atoms with Crippen LogP contribution >= 0.6 is 0 Å². The molecule has 0 radical (unpaired) electrons. The second-order valence-electron chi connectivity index (χ2n) is 25.0. The molecule has 2 aliphatic heterocycles. The molecule has 9 aromatic carbocycles. The molecule has 75 heavy (non-hydrogen) atoms. The average Bonchev–Trinajstić information content (AvgIpc) is 4.22. The van der Waals surface area contributed by atoms with Gasteiger partial charge in [-0.25, -0.2) is 0 Å². The van der Waals surface area contributed by atoms with Gasteiger partial charge < -0.3 is 14.1 Å². The van der Waals surface area contributed by atoms with E-state index in [2.05, 4.69) is 268 Å². The minimum atomic E-state index is -0.328. The summed E-state index contributed by atoms with van der Waals surface area (Å²) >= 11 is 0. The predicted octanol–water partition coefficient (Wildman–Crippen LogP) is 18.0. The highest BCUT2D eigenvalue weighted by Crippen LogP contribution is 2.60. The number of fused-ring (bicyclic) bond motifs is 12. The molecule has 0 bridgehead atoms. The molecule has 0 saturated carbocycles. The lowest BCUT2D eigenvalue weighted by Crippen LogP contribution is -2.62. The minimum Gasteiger partial charge on any atom is -0.455 e. The molecule has 1 aromatic heterocycles. The van der Waals surface area contributed by atoms with Gasteiger partial charge in [-0.2, -0.15) is 0 Å². The summed E-state index contributed by atoms with van der Waals surface area (Å²) < 4.78 is 7.29. The highest BCUT2D eigenvalue weighted by molar-refractivity contribution is 6.94. The topological polar surface area (TPSA) is 19.6 Å². The molecule has 0 unspecified atom stereocenters. The summed E-state index contributed by atoms with van der Waals surface area (Å²) in [5.74, 6) is 1.76. The Balaban J connectivity index is 1.18. The number of hydrogen-bond donors (Lipinski definition) is 0. The summed E-state index contributed by atoms with van der Waals surface area (Å²) in [6.45, 7) is 25.8. The van der Waals surface area contributed by atoms with E-state index in [1.54, 1.807) is 0 Å². The van der Waals surface area contributed by atoms with Crippen LogP contribution in [-0.2, 0) is 21.7 Å². The highest BCUT2D eigenvalue weighted by atomic mass is 16.3. The van der Waals surface area contributed by atoms with Crippen molar-refractivity contribution < 1.29 is 4.42 Å². The Morgan fingerprint density at radius 2 is 0.987 bits per heavy atom. The van der Waals surface area contributed by atoms with Crippen LogP contribution in [0.5, 0.6) is 0 Å². The van der Waals surface area contributed by atoms with Crippen LogP contribution in [0.3, 0.4) is 0 Å². The van der Waals surface area contributed by atoms with Crippen molar-refractivity contribution in [3.63, 3.8) is 0 Å². The average molecular weight is 971 g/mol. The Labute approximate surface area is 443 Å². The van der Waals surface area contributed by atoms with Gasteiger partial charge in [0, 0.05) is 66.7 Å². The number of aryl methyl sites for hydroxylation is 1. The summed E-state index contributed by atoms with van der Waals surface area (Å²) in [6, 6.07) is 69.3. The van der Waals surface area contributed by atoms with Gasteiger partial charge in [-0.3, -0.25) is 0 Å². The molecule has 366 valence electrons. The Kier molecular flexibility index (Phi) is 9.53. The number of hydrogen-bond acceptors (Lipinski definition) is 3. The third-order valence-corrected chi connectivity index (χ3v) is 17.6. The molecular formula is C71H63BN2O. The van der Waals surface area contributed by atoms with Crippen LogP contribution in [0.15, 0.2) is 186 Å². The third-order valence-electron chi connectivity index (χ3n) is 17.6. The fourth-order valence-corrected chi connectivity index (χ4v) is 13.7. The third kappa shape index (κ3) is 6.48. The van der Waals surface area contributed by atoms with E-state index in [9.17, 15) is 0 Å². The van der Waals surface area contributed by atoms with Crippen molar-refractivity contribution in [2.45, 2.75) is 97.8 Å². The van der Waals surface area contributed by atoms with Crippen LogP contribution in [0.2, 0.25) is 0 Å². The minimum absolute atomic E-state index is 0.00853. The molecule has 0 saturated heterocycles. The van der Waals surface area contributed by atoms with Crippen LogP contribution < -0.4 is 20.6 Å². The van der Waals surface area contributed by atoms with Gasteiger partial charge in [0.1, 0.15) is 11.5 Å². The molecule has 0 amide bonds. The molecule has 2 aliphatic carbocycles. The first-order valence-electron chi connectivity index (χ1n) is 27.0. The summed E-state index contributed by atoms with van der Waals surface area (Å²) in [6.07, 6.45) is 0. The van der Waals surface area contributed by atoms with Gasteiger partial charge in [0.05, 0.1) is 0 Å². The lowest BCUT2D eigenvalue weighted by molar-refractivity contribution is 0.589. The Morgan fingerprint density at radius 1 is 0.440 bits per heavy atom. The molecule has 4 heteroatoms. The number of furan rings is 1. The first-order valence-corrected chi connectivity index (χ1v) is 27.0. The second kappa shape index (κ2) is 15.6. The van der Waals surface area contributed by atoms with Crippen LogP contribution in [0, 0.1) is 6.92 Å². The maximum absolute atomic E-state index is 7.29. The number of nitrogens with zero attached hydrogens (tertiary/aromatic N) is 2. The van der Waals surface area contributed by atoms with E-state index in [4.69, 9.17) is 4.42 Å². The molecule has 0 atom stereocenters. The van der Waals surface area contributed by atoms with Gasteiger partial charge >= 0.3 is 6.85 Å². The SMILES string of the molecule is Cc1cc(C(C)(C)C)ccc1N1c2cc3c(-c4ccccc4)oc(-c4ccccc4)c3cc2B2c3c(cc4c(c31)C(C)(C)c1ccccc1-4)-c1cc3c(cc1N2c1ccc(C(C)(C)C)cc1)C(C)(C)c1ccccc1-3. The van der Waals surface area contributed by atoms with Crippen molar-refractivity contribution >= 4 is 57.0 Å². The fraction of sp³-hybridized carbons (Fsp3) is 0.211. The zero-order valence-electron chi connectivity index (χ0n) is 45.2. The standard InChI is InChI=1S/C71H63BN2O/c1-42-36-46(69(5,6)7)32-35-60(42)73-62-40-55-54(66(43-22-14-12-15-23-43)75-67(55)44-24-16-13-17-25-44)39-59(62)72-64-53(38-52-49-27-19-21-29-57(49)71(10,11)63(52)65(64)73)51-37-50-48-26-18-20-28-56(48)70(8,9)58(50)41-61(51)74(72)47-33-30-45(31-34-47)68(2,3)4/h12-41H,1-11H3. The molecule has 4 aliphatic rings. The highest BCUT2D eigenvalue weighted by Gasteiger charge is 2.51. The van der Waals surface area contributed by atoms with E-state index >= 15 is 0 Å². The quantitative estimate of drug-likeness (QED) is 0.164. The van der Waals surface area contributed by atoms with Gasteiger partial charge in [0.2, 0.25) is 0 Å². The van der Waals surface area contributed by atoms with Crippen molar-refractivity contribution in [2.24, 2.45) is 0 Å². The second-order valence-corrected chi connectivity index (χ2v) is 25.0. The van der Waals surface area contributed by atoms with Gasteiger partial charge in [0.25, 0.3) is 0 Å². The van der Waals surface area contributed by atoms with Gasteiger partial charge in [-0.15, -0.1) is 0 Å². The van der Waals surface area contributed by atoms with Gasteiger partial charge in [0.15, 0.2) is 0 Å². The lowest BCUT2D eigenvalue weighted by Gasteiger charge is -2.48. The molecular weight excluding hydrogens is 908 g/mol. The smallest absolute Gasteiger partial charge is 0.333 e. The number of benzene rings is 9. The van der Waals surface area contributed by atoms with Crippen molar-refractivity contribution in [3.8, 4) is 56.0 Å². The summed E-state index contributed by atoms with van der Waals surface area (Å²) in [4.78, 5) is 5.42. The Morgan fingerprint density at radius 3 is 1.60 bits per heavy atom. The number of rotatable bonds is 4. The van der Waals surface area contributed by atoms with Gasteiger partial charge in [-0.1, -0.05) is 209 Å². The van der Waals surface area contributed by atoms with E-state index in [0.29, 0.717) is 0 Å². The van der Waals surface area contributed by atoms with Crippen LogP contribution in [0.1, 0.15) is 108 Å². The van der Waals surface area contributed by atoms with Crippen LogP contribution in [-0.4, -0.2) is 6.85 Å². The van der Waals surface area contributed by atoms with Crippen molar-refractivity contribution in [1.82, 2.24) is 0 Å². The summed E-state index contributed by atoms with van der Waals surface area (Å²) in [7, 11) is 0. The number of anilines is 5. The van der Waals surface area contributed by atoms with E-state index in [0.717, 1.165) is 33.4 Å². The Hall–Kier alpha value is -7.82. The normalized spacial score (nSPS) is 15.3. The van der Waals surface area contributed by atoms with Crippen LogP contribution in [0.4, 0.5) is 28.4 Å². The zero-order chi connectivity index (χ0) is 51.7. The summed E-state index contributed by atoms with van der Waals surface area (Å²) in [5, 5.41) is 2.21. The maximum Gasteiger partial charge on any atom is 0.333 e. The van der Waals surface area contributed by atoms with Crippen LogP contribution in [0.25, 0.3) is 66.8 Å². The molecule has 14 rings (SSSR count). The zero-order valence-corrected chi connectivity index (χ0v) is 45.2. The Bertz CT molecular complexity index is 4030. The molecule has 3 nitrogen and oxygen atoms in total. The van der Waals surface area contributed by atoms with E-state index in [1.165, 1.54) is 112 Å². The fourth-order valence-electron chi connectivity index (χ4n) is 13.7. The molecule has 3 heterocycles. The monoisotopic (exact) mass is 971 g/mol. The van der Waals surface area contributed by atoms with Gasteiger partial charge in [-0.05, 0) is 138 Å². The van der Waals surface area contributed by atoms with Crippen molar-refractivity contribution in [3.05, 3.63) is 221 Å². The van der Waals surface area contributed by atoms with E-state index in [-0.39, 0.29) is 28.5 Å². The first kappa shape index (κ1) is 45.8. The summed E-state index contributed by atoms with van der Waals surface area (Å²) in [5.41, 5.74) is 27.4. The first-order chi connectivity index (χ1) is 35.9. The largest absolute Gasteiger partial charge is 0.455 e. The predicted molar refractivity (Wildman–Crippen MR) is 318 cm³/mol.